The molecule has 30 heteroatoms. The molecular formula is C98H174N2O28+2. The first kappa shape index (κ1) is 120. The summed E-state index contributed by atoms with van der Waals surface area (Å²) in [7, 11) is 11.5. The van der Waals surface area contributed by atoms with Crippen molar-refractivity contribution < 1.29 is 142 Å². The van der Waals surface area contributed by atoms with Crippen molar-refractivity contribution in [3.8, 4) is 0 Å². The molecule has 0 saturated heterocycles. The first-order valence-electron chi connectivity index (χ1n) is 49.4. The number of hydrogen-bond acceptors (Lipinski definition) is 28. The fraction of sp³-hybridized carbons (Fsp3) is 0.857. The number of esters is 14. The Kier molecular flexibility index (Phi) is 77.8. The first-order valence-corrected chi connectivity index (χ1v) is 49.4. The summed E-state index contributed by atoms with van der Waals surface area (Å²) in [4.78, 5) is 183. The predicted octanol–water partition coefficient (Wildman–Crippen LogP) is 18.2. The van der Waals surface area contributed by atoms with Crippen LogP contribution in [0.25, 0.3) is 0 Å². The molecule has 0 aromatic carbocycles. The highest BCUT2D eigenvalue weighted by atomic mass is 16.6. The predicted molar refractivity (Wildman–Crippen MR) is 485 cm³/mol. The van der Waals surface area contributed by atoms with E-state index in [0.29, 0.717) is 47.7 Å². The van der Waals surface area contributed by atoms with Gasteiger partial charge in [-0.05, 0) is 25.7 Å². The molecule has 0 aliphatic carbocycles. The number of rotatable bonds is 89. The van der Waals surface area contributed by atoms with Gasteiger partial charge in [-0.15, -0.1) is 0 Å². The lowest BCUT2D eigenvalue weighted by Crippen LogP contribution is -2.38. The van der Waals surface area contributed by atoms with Gasteiger partial charge in [0.2, 0.25) is 0 Å². The quantitative estimate of drug-likeness (QED) is 0.0236. The van der Waals surface area contributed by atoms with Crippen molar-refractivity contribution in [3.63, 3.8) is 0 Å². The van der Waals surface area contributed by atoms with Crippen LogP contribution in [0.15, 0.2) is 0 Å². The number of unbranched alkanes of at least 4 members (excludes halogenated alkanes) is 40. The molecule has 0 spiro atoms. The maximum Gasteiger partial charge on any atom is 0.306 e. The lowest BCUT2D eigenvalue weighted by molar-refractivity contribution is -0.870. The van der Waals surface area contributed by atoms with Crippen LogP contribution in [-0.4, -0.2) is 238 Å². The van der Waals surface area contributed by atoms with Crippen LogP contribution in [0.1, 0.15) is 400 Å². The SMILES string of the molecule is CCCCCCCCCCCCCC(=O)OCC(COC(=O)CCCCCCCCCCCCC)OC(=O)CCC(=O)OCC(COC(=O)CCC(=O)OC(COC(=O)CCCCCCCCCCCCC)COC(=O)CCCCCCCCCCCCC)OC(=O)CCC(=O)OC(COC(=O)CCC(=O)OCC[N+](C)(C)C)COC(=O)CCC(=O)OCC[N+](C)(C)C. The van der Waals surface area contributed by atoms with Gasteiger partial charge in [-0.1, -0.05) is 285 Å². The summed E-state index contributed by atoms with van der Waals surface area (Å²) < 4.78 is 77.3. The molecule has 30 nitrogen and oxygen atoms in total. The highest BCUT2D eigenvalue weighted by Gasteiger charge is 2.28. The molecule has 0 aromatic heterocycles. The molecule has 0 atom stereocenters. The van der Waals surface area contributed by atoms with Gasteiger partial charge in [0.1, 0.15) is 79.2 Å². The summed E-state index contributed by atoms with van der Waals surface area (Å²) >= 11 is 0. The van der Waals surface area contributed by atoms with Gasteiger partial charge in [0.05, 0.1) is 106 Å². The number of hydrogen-bond donors (Lipinski definition) is 0. The van der Waals surface area contributed by atoms with E-state index in [1.807, 2.05) is 42.3 Å². The zero-order chi connectivity index (χ0) is 94.8. The summed E-state index contributed by atoms with van der Waals surface area (Å²) in [6, 6.07) is 0. The highest BCUT2D eigenvalue weighted by Crippen LogP contribution is 2.20. The molecule has 128 heavy (non-hydrogen) atoms. The molecular weight excluding hydrogens is 1650 g/mol. The van der Waals surface area contributed by atoms with Gasteiger partial charge in [0.25, 0.3) is 0 Å². The maximum absolute atomic E-state index is 13.7. The zero-order valence-corrected chi connectivity index (χ0v) is 81.1. The number of quaternary nitrogens is 2. The van der Waals surface area contributed by atoms with Crippen molar-refractivity contribution in [3.05, 3.63) is 0 Å². The molecule has 0 heterocycles. The Morgan fingerprint density at radius 3 is 0.438 bits per heavy atom. The van der Waals surface area contributed by atoms with Gasteiger partial charge in [0, 0.05) is 25.7 Å². The van der Waals surface area contributed by atoms with E-state index in [1.54, 1.807) is 0 Å². The molecule has 742 valence electrons. The second-order valence-electron chi connectivity index (χ2n) is 36.0. The Morgan fingerprint density at radius 1 is 0.164 bits per heavy atom. The summed E-state index contributed by atoms with van der Waals surface area (Å²) in [5, 5.41) is 0. The van der Waals surface area contributed by atoms with Gasteiger partial charge in [-0.25, -0.2) is 0 Å². The highest BCUT2D eigenvalue weighted by molar-refractivity contribution is 5.81. The molecule has 0 aromatic rings. The Balaban J connectivity index is 6.61. The van der Waals surface area contributed by atoms with E-state index >= 15 is 0 Å². The van der Waals surface area contributed by atoms with Gasteiger partial charge >= 0.3 is 83.6 Å². The summed E-state index contributed by atoms with van der Waals surface area (Å²) in [6.07, 6.45) is 37.5. The minimum Gasteiger partial charge on any atom is -0.462 e. The minimum atomic E-state index is -1.60. The molecule has 0 amide bonds. The van der Waals surface area contributed by atoms with Crippen molar-refractivity contribution in [2.75, 3.05) is 121 Å². The molecule has 0 aliphatic heterocycles. The number of carbonyl (C=O) groups is 14. The van der Waals surface area contributed by atoms with Crippen molar-refractivity contribution in [1.29, 1.82) is 0 Å². The lowest BCUT2D eigenvalue weighted by atomic mass is 10.1. The van der Waals surface area contributed by atoms with E-state index in [-0.39, 0.29) is 51.7 Å². The molecule has 0 fully saturated rings. The second-order valence-corrected chi connectivity index (χ2v) is 36.0. The van der Waals surface area contributed by atoms with Gasteiger partial charge in [-0.2, -0.15) is 0 Å². The third-order valence-electron chi connectivity index (χ3n) is 21.3. The zero-order valence-electron chi connectivity index (χ0n) is 81.1. The fourth-order valence-electron chi connectivity index (χ4n) is 13.3. The number of carbonyl (C=O) groups excluding carboxylic acids is 14. The molecule has 0 radical (unpaired) electrons. The smallest absolute Gasteiger partial charge is 0.306 e. The van der Waals surface area contributed by atoms with Crippen molar-refractivity contribution in [1.82, 2.24) is 0 Å². The van der Waals surface area contributed by atoms with Crippen molar-refractivity contribution >= 4 is 83.6 Å². The molecule has 0 unspecified atom stereocenters. The maximum atomic E-state index is 13.7. The normalized spacial score (nSPS) is 11.5. The Morgan fingerprint density at radius 2 is 0.289 bits per heavy atom. The molecule has 0 saturated carbocycles. The van der Waals surface area contributed by atoms with Crippen LogP contribution in [0.4, 0.5) is 0 Å². The number of likely N-dealkylation sites (N-methyl/N-ethyl adjacent to an activating group) is 2. The Bertz CT molecular complexity index is 2690. The summed E-state index contributed by atoms with van der Waals surface area (Å²) in [5.74, 6) is -11.4. The van der Waals surface area contributed by atoms with E-state index in [2.05, 4.69) is 27.7 Å². The van der Waals surface area contributed by atoms with Crippen LogP contribution in [0, 0.1) is 0 Å². The Hall–Kier alpha value is -7.50. The first-order chi connectivity index (χ1) is 61.4. The summed E-state index contributed by atoms with van der Waals surface area (Å²) in [5.41, 5.74) is 0. The van der Waals surface area contributed by atoms with Crippen molar-refractivity contribution in [2.24, 2.45) is 0 Å². The van der Waals surface area contributed by atoms with Gasteiger partial charge in [0.15, 0.2) is 24.4 Å². The average molecular weight is 1830 g/mol. The largest absolute Gasteiger partial charge is 0.462 e. The fourth-order valence-corrected chi connectivity index (χ4v) is 13.3. The van der Waals surface area contributed by atoms with Crippen LogP contribution in [0.2, 0.25) is 0 Å². The van der Waals surface area contributed by atoms with E-state index in [0.717, 1.165) is 103 Å². The van der Waals surface area contributed by atoms with Gasteiger partial charge < -0.3 is 75.3 Å². The van der Waals surface area contributed by atoms with Crippen LogP contribution < -0.4 is 0 Å². The number of ether oxygens (including phenoxy) is 14. The average Bonchev–Trinajstić information content (AvgIpc) is 0.917. The molecule has 0 bridgehead atoms. The van der Waals surface area contributed by atoms with E-state index in [1.165, 1.54) is 154 Å². The van der Waals surface area contributed by atoms with Crippen LogP contribution in [0.5, 0.6) is 0 Å². The third-order valence-corrected chi connectivity index (χ3v) is 21.3. The van der Waals surface area contributed by atoms with Crippen LogP contribution in [-0.2, 0) is 133 Å². The van der Waals surface area contributed by atoms with Crippen LogP contribution in [0.3, 0.4) is 0 Å². The monoisotopic (exact) mass is 1830 g/mol. The second kappa shape index (κ2) is 82.6. The number of nitrogens with zero attached hydrogens (tertiary/aromatic N) is 2. The molecule has 0 aliphatic rings. The standard InChI is InChI=1S/C98H174N2O28/c1-11-15-19-23-27-31-35-39-43-47-51-55-85(101)117-73-81(74-118-86(102)56-52-48-44-40-36-32-28-24-20-16-12-2)125-95(111)65-63-93(109)123-79-84(128-98(114)68-67-97(113)127-83(77-121-91(107)61-59-89(105)115-71-69-99(5,6)7)78-122-92(108)62-60-90(106)116-72-70-100(8,9)10)80-124-94(110)64-66-96(112)126-82(75-119-87(103)57-53-49-45-41-37-33-29-25-21-17-13-3)76-120-88(104)58-54-50-46-42-38-34-30-26-22-18-14-4/h81-84H,11-80H2,1-10H3/q+2. The molecule has 0 rings (SSSR count). The molecule has 0 N–H and O–H groups in total. The van der Waals surface area contributed by atoms with Gasteiger partial charge in [-0.3, -0.25) is 67.1 Å². The van der Waals surface area contributed by atoms with E-state index in [9.17, 15) is 67.1 Å². The minimum absolute atomic E-state index is 0.0999. The van der Waals surface area contributed by atoms with E-state index in [4.69, 9.17) is 66.3 Å². The van der Waals surface area contributed by atoms with E-state index < -0.39 is 212 Å². The van der Waals surface area contributed by atoms with Crippen molar-refractivity contribution in [2.45, 2.75) is 425 Å². The third kappa shape index (κ3) is 84.1. The Labute approximate surface area is 768 Å². The lowest BCUT2D eigenvalue weighted by Gasteiger charge is -2.23. The van der Waals surface area contributed by atoms with Crippen LogP contribution >= 0.6 is 0 Å². The topological polar surface area (TPSA) is 368 Å². The summed E-state index contributed by atoms with van der Waals surface area (Å²) in [6.45, 7) is 5.30.